The molecule has 0 saturated carbocycles. The molecular weight excluding hydrogens is 408 g/mol. The van der Waals surface area contributed by atoms with Gasteiger partial charge in [-0.1, -0.05) is 54.2 Å². The lowest BCUT2D eigenvalue weighted by atomic mass is 10.2. The van der Waals surface area contributed by atoms with E-state index < -0.39 is 0 Å². The van der Waals surface area contributed by atoms with Crippen LogP contribution in [0.5, 0.6) is 11.5 Å². The Labute approximate surface area is 168 Å². The van der Waals surface area contributed by atoms with Crippen molar-refractivity contribution in [3.05, 3.63) is 58.1 Å². The highest BCUT2D eigenvalue weighted by atomic mass is 79.9. The summed E-state index contributed by atoms with van der Waals surface area (Å²) in [4.78, 5) is 12.4. The van der Waals surface area contributed by atoms with E-state index >= 15 is 0 Å². The molecule has 0 aliphatic rings. The van der Waals surface area contributed by atoms with E-state index in [-0.39, 0.29) is 5.91 Å². The summed E-state index contributed by atoms with van der Waals surface area (Å²) in [6.07, 6.45) is 6.20. The van der Waals surface area contributed by atoms with Crippen molar-refractivity contribution in [2.75, 3.05) is 13.7 Å². The Morgan fingerprint density at radius 3 is 2.74 bits per heavy atom. The highest BCUT2D eigenvalue weighted by molar-refractivity contribution is 9.10. The maximum Gasteiger partial charge on any atom is 0.275 e. The molecule has 0 fully saturated rings. The monoisotopic (exact) mass is 432 g/mol. The van der Waals surface area contributed by atoms with E-state index in [1.165, 1.54) is 20.0 Å². The van der Waals surface area contributed by atoms with Gasteiger partial charge in [0.1, 0.15) is 11.5 Å². The van der Waals surface area contributed by atoms with Crippen molar-refractivity contribution in [2.45, 2.75) is 32.6 Å². The summed E-state index contributed by atoms with van der Waals surface area (Å²) in [6, 6.07) is 12.9. The molecule has 27 heavy (non-hydrogen) atoms. The number of halogens is 1. The minimum absolute atomic E-state index is 0.345. The molecule has 0 aliphatic carbocycles. The van der Waals surface area contributed by atoms with Crippen LogP contribution >= 0.6 is 15.9 Å². The number of hydrazone groups is 1. The molecule has 0 unspecified atom stereocenters. The largest absolute Gasteiger partial charge is 0.496 e. The third-order valence-electron chi connectivity index (χ3n) is 3.95. The van der Waals surface area contributed by atoms with Gasteiger partial charge in [0.25, 0.3) is 5.91 Å². The fraction of sp³-hybridized carbons (Fsp3) is 0.333. The predicted octanol–water partition coefficient (Wildman–Crippen LogP) is 5.18. The van der Waals surface area contributed by atoms with Crippen LogP contribution in [0.25, 0.3) is 0 Å². The molecule has 2 aromatic carbocycles. The maximum absolute atomic E-state index is 12.4. The molecule has 0 atom stereocenters. The average Bonchev–Trinajstić information content (AvgIpc) is 2.68. The Morgan fingerprint density at radius 1 is 1.15 bits per heavy atom. The summed E-state index contributed by atoms with van der Waals surface area (Å²) < 4.78 is 11.9. The Balaban J connectivity index is 1.98. The second-order valence-corrected chi connectivity index (χ2v) is 6.91. The van der Waals surface area contributed by atoms with Crippen LogP contribution in [0.2, 0.25) is 0 Å². The number of rotatable bonds is 10. The number of carbonyl (C=O) groups excluding carboxylic acids is 1. The fourth-order valence-electron chi connectivity index (χ4n) is 2.51. The van der Waals surface area contributed by atoms with Gasteiger partial charge >= 0.3 is 0 Å². The number of para-hydroxylation sites is 1. The number of nitrogens with one attached hydrogen (secondary N) is 1. The van der Waals surface area contributed by atoms with Crippen LogP contribution in [-0.4, -0.2) is 25.8 Å². The lowest BCUT2D eigenvalue weighted by Gasteiger charge is -2.09. The van der Waals surface area contributed by atoms with Crippen LogP contribution in [-0.2, 0) is 0 Å². The van der Waals surface area contributed by atoms with Gasteiger partial charge in [-0.15, -0.1) is 0 Å². The first-order valence-electron chi connectivity index (χ1n) is 9.04. The third-order valence-corrected chi connectivity index (χ3v) is 4.44. The molecule has 0 saturated heterocycles. The number of carbonyl (C=O) groups is 1. The highest BCUT2D eigenvalue weighted by Gasteiger charge is 2.12. The Kier molecular flexibility index (Phi) is 8.84. The van der Waals surface area contributed by atoms with E-state index in [4.69, 9.17) is 9.47 Å². The molecule has 1 N–H and O–H groups in total. The van der Waals surface area contributed by atoms with E-state index in [9.17, 15) is 4.79 Å². The van der Waals surface area contributed by atoms with Crippen molar-refractivity contribution < 1.29 is 14.3 Å². The van der Waals surface area contributed by atoms with Gasteiger partial charge in [-0.25, -0.2) is 5.43 Å². The van der Waals surface area contributed by atoms with Gasteiger partial charge < -0.3 is 9.47 Å². The topological polar surface area (TPSA) is 59.9 Å². The summed E-state index contributed by atoms with van der Waals surface area (Å²) in [5, 5.41) is 4.07. The number of nitrogens with zero attached hydrogens (tertiary/aromatic N) is 1. The summed E-state index contributed by atoms with van der Waals surface area (Å²) in [5.74, 6) is 0.899. The number of unbranched alkanes of at least 4 members (excludes halogenated alkanes) is 3. The quantitative estimate of drug-likeness (QED) is 0.319. The molecule has 0 bridgehead atoms. The average molecular weight is 433 g/mol. The second kappa shape index (κ2) is 11.4. The minimum atomic E-state index is -0.345. The Bertz CT molecular complexity index is 778. The van der Waals surface area contributed by atoms with Crippen LogP contribution in [0.4, 0.5) is 0 Å². The van der Waals surface area contributed by atoms with E-state index in [0.717, 1.165) is 28.6 Å². The van der Waals surface area contributed by atoms with Gasteiger partial charge in [0, 0.05) is 10.0 Å². The zero-order valence-electron chi connectivity index (χ0n) is 15.7. The molecule has 144 valence electrons. The summed E-state index contributed by atoms with van der Waals surface area (Å²) in [7, 11) is 1.53. The standard InChI is InChI=1S/C21H25BrN2O3/c1-3-4-5-8-13-27-19-10-7-6-9-16(19)15-23-24-21(25)18-14-17(22)11-12-20(18)26-2/h6-7,9-12,14-15H,3-5,8,13H2,1-2H3,(H,24,25)/b23-15-. The van der Waals surface area contributed by atoms with E-state index in [1.807, 2.05) is 30.3 Å². The van der Waals surface area contributed by atoms with E-state index in [0.29, 0.717) is 17.9 Å². The molecule has 5 nitrogen and oxygen atoms in total. The van der Waals surface area contributed by atoms with Gasteiger partial charge in [-0.2, -0.15) is 5.10 Å². The van der Waals surface area contributed by atoms with Crippen molar-refractivity contribution in [1.29, 1.82) is 0 Å². The van der Waals surface area contributed by atoms with Crippen LogP contribution in [0.3, 0.4) is 0 Å². The zero-order valence-corrected chi connectivity index (χ0v) is 17.3. The number of methoxy groups -OCH3 is 1. The molecule has 0 heterocycles. The zero-order chi connectivity index (χ0) is 19.5. The maximum atomic E-state index is 12.4. The van der Waals surface area contributed by atoms with Crippen LogP contribution in [0.15, 0.2) is 52.0 Å². The second-order valence-electron chi connectivity index (χ2n) is 5.99. The molecule has 2 rings (SSSR count). The molecule has 0 spiro atoms. The SMILES string of the molecule is CCCCCCOc1ccccc1/C=N\NC(=O)c1cc(Br)ccc1OC. The first-order chi connectivity index (χ1) is 13.2. The first kappa shape index (κ1) is 21.0. The lowest BCUT2D eigenvalue weighted by Crippen LogP contribution is -2.18. The molecule has 0 aromatic heterocycles. The van der Waals surface area contributed by atoms with E-state index in [1.54, 1.807) is 18.3 Å². The molecule has 0 radical (unpaired) electrons. The number of hydrogen-bond acceptors (Lipinski definition) is 4. The van der Waals surface area contributed by atoms with Crippen molar-refractivity contribution in [3.63, 3.8) is 0 Å². The summed E-state index contributed by atoms with van der Waals surface area (Å²) >= 11 is 3.36. The van der Waals surface area contributed by atoms with Crippen LogP contribution in [0.1, 0.15) is 48.5 Å². The first-order valence-corrected chi connectivity index (χ1v) is 9.83. The molecule has 0 aliphatic heterocycles. The van der Waals surface area contributed by atoms with Gasteiger partial charge in [-0.3, -0.25) is 4.79 Å². The van der Waals surface area contributed by atoms with Crippen molar-refractivity contribution in [3.8, 4) is 11.5 Å². The number of hydrogen-bond donors (Lipinski definition) is 1. The number of amides is 1. The molecule has 2 aromatic rings. The van der Waals surface area contributed by atoms with Crippen molar-refractivity contribution in [1.82, 2.24) is 5.43 Å². The van der Waals surface area contributed by atoms with Crippen LogP contribution < -0.4 is 14.9 Å². The number of benzene rings is 2. The van der Waals surface area contributed by atoms with Gasteiger partial charge in [0.2, 0.25) is 0 Å². The summed E-state index contributed by atoms with van der Waals surface area (Å²) in [5.41, 5.74) is 3.76. The molecular formula is C21H25BrN2O3. The van der Waals surface area contributed by atoms with Crippen molar-refractivity contribution in [2.24, 2.45) is 5.10 Å². The van der Waals surface area contributed by atoms with Gasteiger partial charge in [0.15, 0.2) is 0 Å². The Morgan fingerprint density at radius 2 is 1.96 bits per heavy atom. The van der Waals surface area contributed by atoms with Crippen LogP contribution in [0, 0.1) is 0 Å². The lowest BCUT2D eigenvalue weighted by molar-refractivity contribution is 0.0952. The van der Waals surface area contributed by atoms with Gasteiger partial charge in [-0.05, 0) is 36.8 Å². The minimum Gasteiger partial charge on any atom is -0.496 e. The smallest absolute Gasteiger partial charge is 0.275 e. The predicted molar refractivity (Wildman–Crippen MR) is 112 cm³/mol. The highest BCUT2D eigenvalue weighted by Crippen LogP contribution is 2.23. The van der Waals surface area contributed by atoms with Crippen molar-refractivity contribution >= 4 is 28.1 Å². The summed E-state index contributed by atoms with van der Waals surface area (Å²) in [6.45, 7) is 2.86. The number of ether oxygens (including phenoxy) is 2. The fourth-order valence-corrected chi connectivity index (χ4v) is 2.87. The molecule has 1 amide bonds. The third kappa shape index (κ3) is 6.71. The Hall–Kier alpha value is -2.34. The normalized spacial score (nSPS) is 10.8. The molecule has 6 heteroatoms. The van der Waals surface area contributed by atoms with E-state index in [2.05, 4.69) is 33.4 Å². The van der Waals surface area contributed by atoms with Gasteiger partial charge in [0.05, 0.1) is 25.5 Å².